The van der Waals surface area contributed by atoms with E-state index in [9.17, 15) is 14.7 Å². The minimum Gasteiger partial charge on any atom is -0.507 e. The smallest absolute Gasteiger partial charge is 0.342 e. The van der Waals surface area contributed by atoms with Gasteiger partial charge in [0.1, 0.15) is 23.7 Å². The van der Waals surface area contributed by atoms with Crippen molar-refractivity contribution in [1.29, 1.82) is 0 Å². The van der Waals surface area contributed by atoms with Crippen molar-refractivity contribution in [2.75, 3.05) is 13.7 Å². The number of fused-ring (bicyclic) bond motifs is 1. The number of esters is 1. The predicted octanol–water partition coefficient (Wildman–Crippen LogP) is 3.72. The fourth-order valence-corrected chi connectivity index (χ4v) is 4.37. The van der Waals surface area contributed by atoms with E-state index in [2.05, 4.69) is 5.32 Å². The molecule has 1 aromatic carbocycles. The second kappa shape index (κ2) is 9.30. The molecular weight excluding hydrogens is 398 g/mol. The van der Waals surface area contributed by atoms with E-state index in [4.69, 9.17) is 14.2 Å². The van der Waals surface area contributed by atoms with Gasteiger partial charge in [-0.25, -0.2) is 4.79 Å². The van der Waals surface area contributed by atoms with Crippen LogP contribution in [0.1, 0.15) is 73.5 Å². The Balaban J connectivity index is 1.62. The van der Waals surface area contributed by atoms with Gasteiger partial charge in [0, 0.05) is 30.2 Å². The van der Waals surface area contributed by atoms with E-state index in [1.165, 1.54) is 0 Å². The molecule has 0 unspecified atom stereocenters. The molecule has 7 nitrogen and oxygen atoms in total. The largest absolute Gasteiger partial charge is 0.507 e. The Labute approximate surface area is 183 Å². The molecule has 0 aliphatic carbocycles. The molecular formula is C24H33NO6. The zero-order chi connectivity index (χ0) is 22.8. The number of allylic oxidation sites excluding steroid dienone is 2. The number of nitrogens with one attached hydrogen (secondary N) is 1. The van der Waals surface area contributed by atoms with Crippen LogP contribution in [0, 0.1) is 6.92 Å². The van der Waals surface area contributed by atoms with Crippen LogP contribution in [0.25, 0.3) is 0 Å². The second-order valence-corrected chi connectivity index (χ2v) is 9.04. The van der Waals surface area contributed by atoms with Crippen LogP contribution in [0.15, 0.2) is 11.6 Å². The van der Waals surface area contributed by atoms with Crippen molar-refractivity contribution < 1.29 is 28.9 Å². The van der Waals surface area contributed by atoms with Crippen molar-refractivity contribution in [3.05, 3.63) is 33.9 Å². The van der Waals surface area contributed by atoms with Gasteiger partial charge in [-0.2, -0.15) is 0 Å². The fraction of sp³-hybridized carbons (Fsp3) is 0.583. The number of rotatable bonds is 7. The number of ether oxygens (including phenoxy) is 3. The molecule has 7 heteroatoms. The third kappa shape index (κ3) is 5.21. The Hall–Kier alpha value is -2.54. The summed E-state index contributed by atoms with van der Waals surface area (Å²) in [6.45, 7) is 8.73. The van der Waals surface area contributed by atoms with Crippen molar-refractivity contribution in [2.24, 2.45) is 0 Å². The van der Waals surface area contributed by atoms with E-state index in [0.29, 0.717) is 42.7 Å². The van der Waals surface area contributed by atoms with E-state index < -0.39 is 5.97 Å². The number of hydrogen-bond acceptors (Lipinski definition) is 6. The monoisotopic (exact) mass is 431 g/mol. The van der Waals surface area contributed by atoms with Gasteiger partial charge < -0.3 is 24.6 Å². The first kappa shape index (κ1) is 23.1. The summed E-state index contributed by atoms with van der Waals surface area (Å²) in [5.41, 5.74) is 3.11. The maximum Gasteiger partial charge on any atom is 0.342 e. The Kier molecular flexibility index (Phi) is 6.94. The fourth-order valence-electron chi connectivity index (χ4n) is 4.37. The Morgan fingerprint density at radius 3 is 2.77 bits per heavy atom. The molecule has 1 aromatic rings. The standard InChI is InChI=1S/C24H33NO6/c1-14(7-9-19(26)25-16-10-11-31-24(3,4)12-16)6-8-17-21(27)20-18(13-30-23(20)28)15(2)22(17)29-5/h6,16,27H,7-13H2,1-5H3,(H,25,26)/b14-6+/t16-/m0/s1. The quantitative estimate of drug-likeness (QED) is 0.505. The highest BCUT2D eigenvalue weighted by molar-refractivity contribution is 5.98. The van der Waals surface area contributed by atoms with Crippen molar-refractivity contribution >= 4 is 11.9 Å². The summed E-state index contributed by atoms with van der Waals surface area (Å²) >= 11 is 0. The Morgan fingerprint density at radius 1 is 1.35 bits per heavy atom. The number of benzene rings is 1. The number of phenolic OH excluding ortho intramolecular Hbond substituents is 1. The van der Waals surface area contributed by atoms with Crippen LogP contribution < -0.4 is 10.1 Å². The summed E-state index contributed by atoms with van der Waals surface area (Å²) in [6, 6.07) is 0.149. The summed E-state index contributed by atoms with van der Waals surface area (Å²) in [6.07, 6.45) is 5.04. The molecule has 0 aromatic heterocycles. The summed E-state index contributed by atoms with van der Waals surface area (Å²) < 4.78 is 16.3. The lowest BCUT2D eigenvalue weighted by Gasteiger charge is -2.35. The van der Waals surface area contributed by atoms with E-state index in [0.717, 1.165) is 24.0 Å². The summed E-state index contributed by atoms with van der Waals surface area (Å²) in [7, 11) is 1.55. The van der Waals surface area contributed by atoms with Crippen LogP contribution in [-0.4, -0.2) is 42.3 Å². The number of amides is 1. The molecule has 1 fully saturated rings. The van der Waals surface area contributed by atoms with Crippen LogP contribution in [-0.2, 0) is 27.3 Å². The van der Waals surface area contributed by atoms with Gasteiger partial charge in [-0.15, -0.1) is 0 Å². The van der Waals surface area contributed by atoms with E-state index in [-0.39, 0.29) is 35.5 Å². The van der Waals surface area contributed by atoms with Crippen LogP contribution in [0.2, 0.25) is 0 Å². The number of carbonyl (C=O) groups excluding carboxylic acids is 2. The van der Waals surface area contributed by atoms with Crippen molar-refractivity contribution in [2.45, 2.75) is 78.0 Å². The lowest BCUT2D eigenvalue weighted by molar-refractivity contribution is -0.124. The number of carbonyl (C=O) groups is 2. The average molecular weight is 432 g/mol. The molecule has 0 saturated carbocycles. The third-order valence-electron chi connectivity index (χ3n) is 6.11. The third-order valence-corrected chi connectivity index (χ3v) is 6.11. The molecule has 1 amide bonds. The highest BCUT2D eigenvalue weighted by Crippen LogP contribution is 2.42. The van der Waals surface area contributed by atoms with Crippen LogP contribution in [0.5, 0.6) is 11.5 Å². The predicted molar refractivity (Wildman–Crippen MR) is 116 cm³/mol. The number of cyclic esters (lactones) is 1. The Morgan fingerprint density at radius 2 is 2.10 bits per heavy atom. The Bertz CT molecular complexity index is 902. The molecule has 2 aliphatic rings. The van der Waals surface area contributed by atoms with E-state index in [1.54, 1.807) is 7.11 Å². The molecule has 2 N–H and O–H groups in total. The van der Waals surface area contributed by atoms with Gasteiger partial charge in [-0.05, 0) is 58.9 Å². The molecule has 0 spiro atoms. The molecule has 1 saturated heterocycles. The van der Waals surface area contributed by atoms with Gasteiger partial charge in [0.15, 0.2) is 0 Å². The number of methoxy groups -OCH3 is 1. The van der Waals surface area contributed by atoms with Gasteiger partial charge in [-0.1, -0.05) is 11.6 Å². The van der Waals surface area contributed by atoms with Crippen LogP contribution in [0.3, 0.4) is 0 Å². The molecule has 170 valence electrons. The lowest BCUT2D eigenvalue weighted by Crippen LogP contribution is -2.45. The molecule has 0 radical (unpaired) electrons. The normalized spacial score (nSPS) is 20.2. The minimum absolute atomic E-state index is 0.0343. The molecule has 0 bridgehead atoms. The molecule has 1 atom stereocenters. The maximum absolute atomic E-state index is 12.4. The van der Waals surface area contributed by atoms with Gasteiger partial charge >= 0.3 is 5.97 Å². The topological polar surface area (TPSA) is 94.1 Å². The van der Waals surface area contributed by atoms with Gasteiger partial charge in [0.2, 0.25) is 5.91 Å². The highest BCUT2D eigenvalue weighted by Gasteiger charge is 2.32. The van der Waals surface area contributed by atoms with Crippen LogP contribution in [0.4, 0.5) is 0 Å². The first-order valence-corrected chi connectivity index (χ1v) is 10.8. The molecule has 2 heterocycles. The van der Waals surface area contributed by atoms with Crippen molar-refractivity contribution in [3.8, 4) is 11.5 Å². The van der Waals surface area contributed by atoms with Gasteiger partial charge in [0.05, 0.1) is 12.7 Å². The number of hydrogen-bond donors (Lipinski definition) is 2. The molecule has 2 aliphatic heterocycles. The maximum atomic E-state index is 12.4. The SMILES string of the molecule is COc1c(C)c2c(c(O)c1C/C=C(\C)CCC(=O)N[C@H]1CCOC(C)(C)C1)C(=O)OC2. The first-order chi connectivity index (χ1) is 14.6. The molecule has 31 heavy (non-hydrogen) atoms. The van der Waals surface area contributed by atoms with Gasteiger partial charge in [-0.3, -0.25) is 4.79 Å². The minimum atomic E-state index is -0.506. The van der Waals surface area contributed by atoms with E-state index >= 15 is 0 Å². The first-order valence-electron chi connectivity index (χ1n) is 10.8. The second-order valence-electron chi connectivity index (χ2n) is 9.04. The van der Waals surface area contributed by atoms with Gasteiger partial charge in [0.25, 0.3) is 0 Å². The number of aromatic hydroxyl groups is 1. The summed E-state index contributed by atoms with van der Waals surface area (Å²) in [4.78, 5) is 24.4. The average Bonchev–Trinajstić information content (AvgIpc) is 3.09. The van der Waals surface area contributed by atoms with Crippen molar-refractivity contribution in [3.63, 3.8) is 0 Å². The van der Waals surface area contributed by atoms with Crippen molar-refractivity contribution in [1.82, 2.24) is 5.32 Å². The zero-order valence-corrected chi connectivity index (χ0v) is 19.1. The summed E-state index contributed by atoms with van der Waals surface area (Å²) in [5, 5.41) is 13.8. The highest BCUT2D eigenvalue weighted by atomic mass is 16.5. The summed E-state index contributed by atoms with van der Waals surface area (Å²) in [5.74, 6) is 0.0162. The van der Waals surface area contributed by atoms with E-state index in [1.807, 2.05) is 33.8 Å². The number of phenols is 1. The van der Waals surface area contributed by atoms with Crippen LogP contribution >= 0.6 is 0 Å². The lowest BCUT2D eigenvalue weighted by atomic mass is 9.93. The zero-order valence-electron chi connectivity index (χ0n) is 19.1. The molecule has 3 rings (SSSR count).